The molecular weight excluding hydrogens is 359 g/mol. The first-order valence-corrected chi connectivity index (χ1v) is 9.98. The molecule has 0 spiro atoms. The molecule has 2 aromatic heterocycles. The highest BCUT2D eigenvalue weighted by Gasteiger charge is 2.26. The normalized spacial score (nSPS) is 20.5. The van der Waals surface area contributed by atoms with Gasteiger partial charge in [-0.05, 0) is 25.5 Å². The molecule has 7 nitrogen and oxygen atoms in total. The molecule has 150 valence electrons. The maximum absolute atomic E-state index is 13.2. The maximum Gasteiger partial charge on any atom is 0.227 e. The van der Waals surface area contributed by atoms with Crippen molar-refractivity contribution in [3.8, 4) is 0 Å². The van der Waals surface area contributed by atoms with Gasteiger partial charge >= 0.3 is 0 Å². The van der Waals surface area contributed by atoms with Crippen LogP contribution in [-0.2, 0) is 11.2 Å². The Morgan fingerprint density at radius 3 is 2.57 bits per heavy atom. The van der Waals surface area contributed by atoms with Crippen molar-refractivity contribution in [1.29, 1.82) is 0 Å². The van der Waals surface area contributed by atoms with Crippen LogP contribution in [-0.4, -0.2) is 66.9 Å². The molecule has 1 unspecified atom stereocenters. The van der Waals surface area contributed by atoms with Gasteiger partial charge in [0.1, 0.15) is 17.5 Å². The first kappa shape index (κ1) is 18.9. The van der Waals surface area contributed by atoms with E-state index < -0.39 is 0 Å². The van der Waals surface area contributed by atoms with Gasteiger partial charge in [0.15, 0.2) is 0 Å². The van der Waals surface area contributed by atoms with Crippen molar-refractivity contribution in [2.45, 2.75) is 26.3 Å². The largest absolute Gasteiger partial charge is 0.378 e. The second kappa shape index (κ2) is 8.26. The maximum atomic E-state index is 13.2. The highest BCUT2D eigenvalue weighted by molar-refractivity contribution is 5.49. The lowest BCUT2D eigenvalue weighted by Crippen LogP contribution is -2.52. The predicted octanol–water partition coefficient (Wildman–Crippen LogP) is 2.12. The lowest BCUT2D eigenvalue weighted by Gasteiger charge is -2.41. The summed E-state index contributed by atoms with van der Waals surface area (Å²) in [5.74, 6) is 2.29. The molecule has 2 aliphatic rings. The van der Waals surface area contributed by atoms with Crippen LogP contribution in [0.2, 0.25) is 0 Å². The second-order valence-corrected chi connectivity index (χ2v) is 7.29. The molecule has 0 aromatic carbocycles. The molecule has 28 heavy (non-hydrogen) atoms. The first-order valence-electron chi connectivity index (χ1n) is 9.98. The number of aromatic nitrogens is 3. The molecule has 0 aliphatic carbocycles. The van der Waals surface area contributed by atoms with Crippen molar-refractivity contribution in [3.63, 3.8) is 0 Å². The Labute approximate surface area is 165 Å². The Balaban J connectivity index is 1.52. The smallest absolute Gasteiger partial charge is 0.227 e. The van der Waals surface area contributed by atoms with E-state index >= 15 is 0 Å². The number of anilines is 3. The number of hydrogen-bond donors (Lipinski definition) is 0. The zero-order valence-corrected chi connectivity index (χ0v) is 16.5. The van der Waals surface area contributed by atoms with Crippen molar-refractivity contribution < 1.29 is 9.13 Å². The van der Waals surface area contributed by atoms with Gasteiger partial charge in [0.2, 0.25) is 5.95 Å². The zero-order chi connectivity index (χ0) is 19.5. The Hall–Kier alpha value is -2.48. The van der Waals surface area contributed by atoms with Gasteiger partial charge in [-0.25, -0.2) is 14.4 Å². The number of morpholine rings is 1. The molecule has 4 heterocycles. The van der Waals surface area contributed by atoms with Crippen molar-refractivity contribution in [1.82, 2.24) is 15.0 Å². The van der Waals surface area contributed by atoms with E-state index in [2.05, 4.69) is 39.6 Å². The number of pyridine rings is 1. The third kappa shape index (κ3) is 4.01. The van der Waals surface area contributed by atoms with E-state index in [4.69, 9.17) is 14.7 Å². The standard InChI is InChI=1S/C20H27FN6O/c1-3-17-12-19(24-20(23-17)25-8-10-28-11-9-25)26-6-7-27(15(2)14-26)18-5-4-16(21)13-22-18/h4-5,12-13,15H,3,6-11,14H2,1-2H3. The van der Waals surface area contributed by atoms with Gasteiger partial charge in [-0.1, -0.05) is 6.92 Å². The summed E-state index contributed by atoms with van der Waals surface area (Å²) in [5.41, 5.74) is 1.06. The average Bonchev–Trinajstić information content (AvgIpc) is 2.74. The number of halogens is 1. The number of ether oxygens (including phenoxy) is 1. The van der Waals surface area contributed by atoms with E-state index in [1.807, 2.05) is 0 Å². The van der Waals surface area contributed by atoms with Crippen molar-refractivity contribution >= 4 is 17.6 Å². The summed E-state index contributed by atoms with van der Waals surface area (Å²) in [4.78, 5) is 20.6. The predicted molar refractivity (Wildman–Crippen MR) is 108 cm³/mol. The molecule has 2 aromatic rings. The number of nitrogens with zero attached hydrogens (tertiary/aromatic N) is 6. The van der Waals surface area contributed by atoms with Gasteiger partial charge in [-0.3, -0.25) is 0 Å². The molecule has 2 fully saturated rings. The summed E-state index contributed by atoms with van der Waals surface area (Å²) in [5, 5.41) is 0. The first-order chi connectivity index (χ1) is 13.6. The minimum absolute atomic E-state index is 0.249. The fraction of sp³-hybridized carbons (Fsp3) is 0.550. The summed E-state index contributed by atoms with van der Waals surface area (Å²) in [6.45, 7) is 9.87. The van der Waals surface area contributed by atoms with E-state index in [0.717, 1.165) is 75.6 Å². The highest BCUT2D eigenvalue weighted by Crippen LogP contribution is 2.24. The van der Waals surface area contributed by atoms with E-state index in [0.29, 0.717) is 0 Å². The summed E-state index contributed by atoms with van der Waals surface area (Å²) in [7, 11) is 0. The van der Waals surface area contributed by atoms with Gasteiger partial charge in [0, 0.05) is 50.5 Å². The Kier molecular flexibility index (Phi) is 5.57. The molecule has 0 bridgehead atoms. The lowest BCUT2D eigenvalue weighted by molar-refractivity contribution is 0.122. The Bertz CT molecular complexity index is 796. The van der Waals surface area contributed by atoms with Crippen molar-refractivity contribution in [2.24, 2.45) is 0 Å². The van der Waals surface area contributed by atoms with Gasteiger partial charge < -0.3 is 19.4 Å². The van der Waals surface area contributed by atoms with Gasteiger partial charge in [0.25, 0.3) is 0 Å². The van der Waals surface area contributed by atoms with Gasteiger partial charge in [-0.15, -0.1) is 0 Å². The molecule has 2 saturated heterocycles. The summed E-state index contributed by atoms with van der Waals surface area (Å²) in [6, 6.07) is 5.56. The molecule has 0 radical (unpaired) electrons. The third-order valence-electron chi connectivity index (χ3n) is 5.37. The molecule has 2 aliphatic heterocycles. The van der Waals surface area contributed by atoms with E-state index in [1.165, 1.54) is 12.3 Å². The average molecular weight is 386 g/mol. The molecule has 1 atom stereocenters. The highest BCUT2D eigenvalue weighted by atomic mass is 19.1. The van der Waals surface area contributed by atoms with Crippen molar-refractivity contribution in [2.75, 3.05) is 60.6 Å². The van der Waals surface area contributed by atoms with Crippen LogP contribution in [0.3, 0.4) is 0 Å². The fourth-order valence-electron chi connectivity index (χ4n) is 3.76. The second-order valence-electron chi connectivity index (χ2n) is 7.29. The number of hydrogen-bond acceptors (Lipinski definition) is 7. The molecule has 4 rings (SSSR count). The number of aryl methyl sites for hydroxylation is 1. The lowest BCUT2D eigenvalue weighted by atomic mass is 10.2. The minimum atomic E-state index is -0.307. The quantitative estimate of drug-likeness (QED) is 0.798. The molecular formula is C20H27FN6O. The van der Waals surface area contributed by atoms with E-state index in [-0.39, 0.29) is 11.9 Å². The fourth-order valence-corrected chi connectivity index (χ4v) is 3.76. The molecule has 0 saturated carbocycles. The van der Waals surface area contributed by atoms with Crippen LogP contribution in [0.5, 0.6) is 0 Å². The molecule has 8 heteroatoms. The number of rotatable bonds is 4. The van der Waals surface area contributed by atoms with Gasteiger partial charge in [-0.2, -0.15) is 4.98 Å². The molecule has 0 amide bonds. The summed E-state index contributed by atoms with van der Waals surface area (Å²) in [6.07, 6.45) is 2.16. The van der Waals surface area contributed by atoms with Crippen LogP contribution >= 0.6 is 0 Å². The summed E-state index contributed by atoms with van der Waals surface area (Å²) >= 11 is 0. The van der Waals surface area contributed by atoms with Crippen LogP contribution in [0.15, 0.2) is 24.4 Å². The van der Waals surface area contributed by atoms with Crippen LogP contribution in [0.1, 0.15) is 19.5 Å². The molecule has 0 N–H and O–H groups in total. The van der Waals surface area contributed by atoms with Crippen LogP contribution in [0.4, 0.5) is 22.0 Å². The number of piperazine rings is 1. The monoisotopic (exact) mass is 386 g/mol. The minimum Gasteiger partial charge on any atom is -0.378 e. The van der Waals surface area contributed by atoms with Crippen LogP contribution in [0, 0.1) is 5.82 Å². The van der Waals surface area contributed by atoms with Crippen LogP contribution in [0.25, 0.3) is 0 Å². The third-order valence-corrected chi connectivity index (χ3v) is 5.37. The Morgan fingerprint density at radius 2 is 1.89 bits per heavy atom. The van der Waals surface area contributed by atoms with Crippen molar-refractivity contribution in [3.05, 3.63) is 35.9 Å². The van der Waals surface area contributed by atoms with E-state index in [9.17, 15) is 4.39 Å². The van der Waals surface area contributed by atoms with Gasteiger partial charge in [0.05, 0.1) is 19.4 Å². The Morgan fingerprint density at radius 1 is 1.07 bits per heavy atom. The summed E-state index contributed by atoms with van der Waals surface area (Å²) < 4.78 is 18.6. The zero-order valence-electron chi connectivity index (χ0n) is 16.5. The topological polar surface area (TPSA) is 57.6 Å². The van der Waals surface area contributed by atoms with E-state index in [1.54, 1.807) is 6.07 Å². The SMILES string of the molecule is CCc1cc(N2CCN(c3ccc(F)cn3)C(C)C2)nc(N2CCOCC2)n1. The van der Waals surface area contributed by atoms with Crippen LogP contribution < -0.4 is 14.7 Å².